The van der Waals surface area contributed by atoms with Gasteiger partial charge in [-0.3, -0.25) is 4.79 Å². The fourth-order valence-electron chi connectivity index (χ4n) is 0.201. The lowest BCUT2D eigenvalue weighted by Crippen LogP contribution is -2.11. The molecule has 0 saturated heterocycles. The molecule has 0 aliphatic heterocycles. The Hall–Kier alpha value is -0.310. The van der Waals surface area contributed by atoms with Gasteiger partial charge in [-0.15, -0.1) is 14.5 Å². The number of nitrogens with two attached hydrogens (primary N) is 1. The van der Waals surface area contributed by atoms with Gasteiger partial charge in [0.1, 0.15) is 0 Å². The highest BCUT2D eigenvalue weighted by molar-refractivity contribution is 8.22. The Bertz CT molecular complexity index is 191. The number of amides is 1. The van der Waals surface area contributed by atoms with Crippen molar-refractivity contribution < 1.29 is 4.79 Å². The van der Waals surface area contributed by atoms with Crippen LogP contribution in [0.3, 0.4) is 0 Å². The van der Waals surface area contributed by atoms with E-state index >= 15 is 0 Å². The van der Waals surface area contributed by atoms with Crippen LogP contribution in [0.15, 0.2) is 0 Å². The lowest BCUT2D eigenvalue weighted by Gasteiger charge is -1.84. The molecule has 0 spiro atoms. The summed E-state index contributed by atoms with van der Waals surface area (Å²) in [7, 11) is -0.554. The molecule has 0 aliphatic rings. The zero-order chi connectivity index (χ0) is 6.57. The molecule has 0 unspecified atom stereocenters. The van der Waals surface area contributed by atoms with Crippen molar-refractivity contribution in [2.75, 3.05) is 5.75 Å². The lowest BCUT2D eigenvalue weighted by molar-refractivity contribution is -0.117. The zero-order valence-electron chi connectivity index (χ0n) is 4.29. The summed E-state index contributed by atoms with van der Waals surface area (Å²) in [6.45, 7) is 0. The van der Waals surface area contributed by atoms with Crippen LogP contribution in [0.25, 0.3) is 0 Å². The highest BCUT2D eigenvalue weighted by atomic mass is 32.8. The van der Waals surface area contributed by atoms with Crippen molar-refractivity contribution in [3.63, 3.8) is 0 Å². The van der Waals surface area contributed by atoms with E-state index in [0.29, 0.717) is 12.2 Å². The van der Waals surface area contributed by atoms with Gasteiger partial charge >= 0.3 is 0 Å². The van der Waals surface area contributed by atoms with Crippen molar-refractivity contribution in [3.05, 3.63) is 0 Å². The van der Waals surface area contributed by atoms with Crippen molar-refractivity contribution >= 4 is 26.0 Å². The zero-order valence-corrected chi connectivity index (χ0v) is 5.93. The molecule has 0 aliphatic carbocycles. The molecule has 2 nitrogen and oxygen atoms in total. The molecule has 0 heterocycles. The van der Waals surface area contributed by atoms with E-state index in [-0.39, 0.29) is 5.91 Å². The summed E-state index contributed by atoms with van der Waals surface area (Å²) in [5.41, 5.74) is 9.98. The molecule has 0 bridgehead atoms. The Kier molecular flexibility index (Phi) is 3.52. The van der Waals surface area contributed by atoms with Crippen LogP contribution in [0.1, 0.15) is 6.42 Å². The third-order valence-corrected chi connectivity index (χ3v) is 1.66. The second kappa shape index (κ2) is 3.66. The summed E-state index contributed by atoms with van der Waals surface area (Å²) in [5.74, 6) is 0.197. The van der Waals surface area contributed by atoms with Crippen LogP contribution in [-0.2, 0) is 24.8 Å². The number of rotatable bonds is 2. The number of primary amides is 1. The summed E-state index contributed by atoms with van der Waals surface area (Å²) in [4.78, 5) is 10.0. The van der Waals surface area contributed by atoms with Crippen molar-refractivity contribution in [3.8, 4) is 5.69 Å². The largest absolute Gasteiger partial charge is 0.370 e. The van der Waals surface area contributed by atoms with E-state index < -0.39 is 8.86 Å². The van der Waals surface area contributed by atoms with Crippen LogP contribution < -0.4 is 5.73 Å². The van der Waals surface area contributed by atoms with Crippen LogP contribution in [0, 0.1) is 5.69 Å². The summed E-state index contributed by atoms with van der Waals surface area (Å²) >= 11 is 4.60. The molecule has 1 amide bonds. The molecule has 4 heteroatoms. The van der Waals surface area contributed by atoms with E-state index in [9.17, 15) is 4.79 Å². The first-order chi connectivity index (χ1) is 3.63. The molecule has 0 atom stereocenters. The molecule has 0 saturated carbocycles. The molecular formula is C4H7NOS2. The van der Waals surface area contributed by atoms with Crippen LogP contribution >= 0.6 is 0 Å². The smallest absolute Gasteiger partial charge is 0.218 e. The second-order valence-electron chi connectivity index (χ2n) is 1.30. The molecule has 8 heavy (non-hydrogen) atoms. The van der Waals surface area contributed by atoms with Gasteiger partial charge in [-0.25, -0.2) is 0 Å². The maximum atomic E-state index is 10.0. The Morgan fingerprint density at radius 3 is 2.50 bits per heavy atom. The maximum Gasteiger partial charge on any atom is 0.218 e. The second-order valence-corrected chi connectivity index (χ2v) is 3.76. The quantitative estimate of drug-likeness (QED) is 0.577. The number of hydrogen-bond acceptors (Lipinski definition) is 2. The topological polar surface area (TPSA) is 43.1 Å². The normalized spacial score (nSPS) is 8.38. The van der Waals surface area contributed by atoms with Gasteiger partial charge in [0.25, 0.3) is 0 Å². The van der Waals surface area contributed by atoms with E-state index in [2.05, 4.69) is 11.2 Å². The minimum Gasteiger partial charge on any atom is -0.370 e. The predicted molar refractivity (Wildman–Crippen MR) is 38.4 cm³/mol. The maximum absolute atomic E-state index is 10.0. The number of carbonyl (C=O) groups excluding carboxylic acids is 1. The minimum atomic E-state index is -0.554. The number of carbonyl (C=O) groups is 1. The third kappa shape index (κ3) is 5.69. The third-order valence-electron chi connectivity index (χ3n) is 0.550. The summed E-state index contributed by atoms with van der Waals surface area (Å²) in [6, 6.07) is 0. The van der Waals surface area contributed by atoms with E-state index in [1.54, 1.807) is 0 Å². The predicted octanol–water partition coefficient (Wildman–Crippen LogP) is -0.469. The van der Waals surface area contributed by atoms with Crippen LogP contribution in [0.2, 0.25) is 0 Å². The van der Waals surface area contributed by atoms with Gasteiger partial charge < -0.3 is 5.73 Å². The average molecular weight is 149 g/mol. The number of hydrogen-bond donors (Lipinski definition) is 1. The first-order valence-electron chi connectivity index (χ1n) is 2.04. The van der Waals surface area contributed by atoms with Gasteiger partial charge in [0, 0.05) is 12.2 Å². The Morgan fingerprint density at radius 1 is 1.88 bits per heavy atom. The molecular weight excluding hydrogens is 142 g/mol. The fourth-order valence-corrected chi connectivity index (χ4v) is 0.854. The van der Waals surface area contributed by atoms with Crippen molar-refractivity contribution in [1.29, 1.82) is 0 Å². The Labute approximate surface area is 54.9 Å². The first-order valence-corrected chi connectivity index (χ1v) is 4.42. The minimum absolute atomic E-state index is 0.309. The standard InChI is InChI=1S/C4H7NOS2/c1-8(7)3-2-4(5)6/h1H,2-3H2,(H2,5,6). The van der Waals surface area contributed by atoms with E-state index in [0.717, 1.165) is 0 Å². The molecule has 0 aromatic rings. The van der Waals surface area contributed by atoms with Gasteiger partial charge in [0.15, 0.2) is 0 Å². The molecule has 2 N–H and O–H groups in total. The van der Waals surface area contributed by atoms with Crippen LogP contribution in [-0.4, -0.2) is 11.7 Å². The van der Waals surface area contributed by atoms with Gasteiger partial charge in [-0.05, 0) is 11.2 Å². The fraction of sp³-hybridized carbons (Fsp3) is 0.500. The van der Waals surface area contributed by atoms with Gasteiger partial charge in [0.05, 0.1) is 0 Å². The van der Waals surface area contributed by atoms with Crippen LogP contribution in [0.5, 0.6) is 0 Å². The summed E-state index contributed by atoms with van der Waals surface area (Å²) in [5, 5.41) is 0. The molecule has 0 fully saturated rings. The lowest BCUT2D eigenvalue weighted by atomic mass is 10.5. The SMILES string of the molecule is C#S(=S)CCC(N)=O. The molecule has 0 rings (SSSR count). The van der Waals surface area contributed by atoms with Gasteiger partial charge in [-0.1, -0.05) is 0 Å². The highest BCUT2D eigenvalue weighted by Gasteiger charge is 1.88. The van der Waals surface area contributed by atoms with Crippen molar-refractivity contribution in [1.82, 2.24) is 0 Å². The van der Waals surface area contributed by atoms with Gasteiger partial charge in [-0.2, -0.15) is 0 Å². The van der Waals surface area contributed by atoms with Crippen LogP contribution in [0.4, 0.5) is 0 Å². The summed E-state index contributed by atoms with van der Waals surface area (Å²) < 4.78 is 0. The first kappa shape index (κ1) is 7.69. The Balaban J connectivity index is 3.38. The van der Waals surface area contributed by atoms with Crippen molar-refractivity contribution in [2.24, 2.45) is 5.73 Å². The van der Waals surface area contributed by atoms with Gasteiger partial charge in [0.2, 0.25) is 5.91 Å². The van der Waals surface area contributed by atoms with E-state index in [4.69, 9.17) is 11.4 Å². The molecule has 0 aromatic heterocycles. The molecule has 0 aromatic carbocycles. The average Bonchev–Trinajstić information content (AvgIpc) is 1.61. The highest BCUT2D eigenvalue weighted by Crippen LogP contribution is 1.74. The summed E-state index contributed by atoms with van der Waals surface area (Å²) in [6.07, 6.45) is 0.309. The molecule has 46 valence electrons. The van der Waals surface area contributed by atoms with Crippen molar-refractivity contribution in [2.45, 2.75) is 6.42 Å². The van der Waals surface area contributed by atoms with E-state index in [1.165, 1.54) is 0 Å². The Morgan fingerprint density at radius 2 is 2.38 bits per heavy atom. The monoisotopic (exact) mass is 149 g/mol. The van der Waals surface area contributed by atoms with E-state index in [1.807, 2.05) is 0 Å². The molecule has 0 radical (unpaired) electrons.